The second-order valence-corrected chi connectivity index (χ2v) is 7.15. The first-order valence-corrected chi connectivity index (χ1v) is 9.25. The summed E-state index contributed by atoms with van der Waals surface area (Å²) in [6.45, 7) is 1.75. The molecule has 0 spiro atoms. The van der Waals surface area contributed by atoms with Crippen LogP contribution in [0.5, 0.6) is 0 Å². The first-order valence-electron chi connectivity index (χ1n) is 9.25. The van der Waals surface area contributed by atoms with Crippen molar-refractivity contribution in [2.45, 2.75) is 50.4 Å². The van der Waals surface area contributed by atoms with Crippen molar-refractivity contribution in [2.75, 3.05) is 26.4 Å². The summed E-state index contributed by atoms with van der Waals surface area (Å²) in [7, 11) is 0. The molecular weight excluding hydrogens is 324 g/mol. The molecule has 2 fully saturated rings. The molecule has 3 N–H and O–H groups in total. The Kier molecular flexibility index (Phi) is 6.45. The van der Waals surface area contributed by atoms with Gasteiger partial charge >= 0.3 is 0 Å². The average Bonchev–Trinajstić information content (AvgIpc) is 3.46. The van der Waals surface area contributed by atoms with E-state index in [0.717, 1.165) is 19.4 Å². The van der Waals surface area contributed by atoms with Crippen LogP contribution in [-0.2, 0) is 19.1 Å². The van der Waals surface area contributed by atoms with Crippen LogP contribution in [0.3, 0.4) is 0 Å². The first-order chi connectivity index (χ1) is 12.2. The Morgan fingerprint density at radius 2 is 1.88 bits per heavy atom. The van der Waals surface area contributed by atoms with Crippen LogP contribution in [0.4, 0.5) is 0 Å². The van der Waals surface area contributed by atoms with Crippen molar-refractivity contribution in [3.8, 4) is 0 Å². The molecule has 0 aromatic rings. The molecule has 7 nitrogen and oxygen atoms in total. The summed E-state index contributed by atoms with van der Waals surface area (Å²) in [5, 5.41) is 15.4. The van der Waals surface area contributed by atoms with Gasteiger partial charge in [-0.05, 0) is 31.6 Å². The van der Waals surface area contributed by atoms with Crippen LogP contribution in [0, 0.1) is 11.8 Å². The average molecular weight is 352 g/mol. The number of ether oxygens (including phenoxy) is 2. The standard InChI is InChI=1S/C18H28N2O5/c21-11-16-15(20-18(23)13-5-7-24-8-6-13)4-3-14(25-16)9-17(22)19-10-12-1-2-12/h3-4,12-16,21H,1-2,5-11H2,(H,19,22)(H,20,23)/t14-,15-,16+/m0/s1. The van der Waals surface area contributed by atoms with E-state index >= 15 is 0 Å². The van der Waals surface area contributed by atoms with E-state index in [1.54, 1.807) is 6.08 Å². The van der Waals surface area contributed by atoms with Crippen LogP contribution in [0.2, 0.25) is 0 Å². The van der Waals surface area contributed by atoms with Gasteiger partial charge in [-0.2, -0.15) is 0 Å². The summed E-state index contributed by atoms with van der Waals surface area (Å²) in [5.74, 6) is 0.526. The molecule has 3 atom stereocenters. The lowest BCUT2D eigenvalue weighted by Gasteiger charge is -2.33. The Morgan fingerprint density at radius 1 is 1.12 bits per heavy atom. The Labute approximate surface area is 148 Å². The van der Waals surface area contributed by atoms with Gasteiger partial charge in [-0.3, -0.25) is 9.59 Å². The fourth-order valence-electron chi connectivity index (χ4n) is 3.21. The molecule has 0 unspecified atom stereocenters. The summed E-state index contributed by atoms with van der Waals surface area (Å²) in [5.41, 5.74) is 0. The molecule has 1 saturated heterocycles. The maximum Gasteiger partial charge on any atom is 0.223 e. The van der Waals surface area contributed by atoms with Crippen molar-refractivity contribution in [3.63, 3.8) is 0 Å². The van der Waals surface area contributed by atoms with E-state index in [1.807, 2.05) is 6.08 Å². The number of hydrogen-bond donors (Lipinski definition) is 3. The molecular formula is C18H28N2O5. The smallest absolute Gasteiger partial charge is 0.223 e. The maximum absolute atomic E-state index is 12.3. The molecule has 0 aromatic heterocycles. The third-order valence-electron chi connectivity index (χ3n) is 5.04. The second kappa shape index (κ2) is 8.78. The van der Waals surface area contributed by atoms with Gasteiger partial charge in [0.1, 0.15) is 6.10 Å². The molecule has 2 heterocycles. The predicted molar refractivity (Wildman–Crippen MR) is 90.7 cm³/mol. The summed E-state index contributed by atoms with van der Waals surface area (Å²) < 4.78 is 11.1. The van der Waals surface area contributed by atoms with Crippen molar-refractivity contribution < 1.29 is 24.2 Å². The van der Waals surface area contributed by atoms with E-state index in [1.165, 1.54) is 12.8 Å². The highest BCUT2D eigenvalue weighted by Crippen LogP contribution is 2.27. The highest BCUT2D eigenvalue weighted by Gasteiger charge is 2.31. The molecule has 0 radical (unpaired) electrons. The number of carbonyl (C=O) groups is 2. The Morgan fingerprint density at radius 3 is 2.56 bits per heavy atom. The van der Waals surface area contributed by atoms with Gasteiger partial charge in [0, 0.05) is 25.7 Å². The van der Waals surface area contributed by atoms with Gasteiger partial charge in [-0.15, -0.1) is 0 Å². The van der Waals surface area contributed by atoms with Crippen molar-refractivity contribution in [1.29, 1.82) is 0 Å². The SMILES string of the molecule is O=C(C[C@@H]1C=C[C@H](NC(=O)C2CCOCC2)[C@@H](CO)O1)NCC1CC1. The second-order valence-electron chi connectivity index (χ2n) is 7.15. The number of carbonyl (C=O) groups excluding carboxylic acids is 2. The fraction of sp³-hybridized carbons (Fsp3) is 0.778. The predicted octanol–water partition coefficient (Wildman–Crippen LogP) is 0.130. The molecule has 1 saturated carbocycles. The van der Waals surface area contributed by atoms with E-state index in [-0.39, 0.29) is 42.9 Å². The Hall–Kier alpha value is -1.44. The van der Waals surface area contributed by atoms with Gasteiger partial charge in [0.25, 0.3) is 0 Å². The van der Waals surface area contributed by atoms with Gasteiger partial charge in [-0.25, -0.2) is 0 Å². The number of amides is 2. The van der Waals surface area contributed by atoms with Crippen LogP contribution in [0.15, 0.2) is 12.2 Å². The lowest BCUT2D eigenvalue weighted by Crippen LogP contribution is -2.50. The Bertz CT molecular complexity index is 500. The van der Waals surface area contributed by atoms with Crippen molar-refractivity contribution in [3.05, 3.63) is 12.2 Å². The number of hydrogen-bond acceptors (Lipinski definition) is 5. The summed E-state index contributed by atoms with van der Waals surface area (Å²) in [6.07, 6.45) is 6.80. The lowest BCUT2D eigenvalue weighted by atomic mass is 9.97. The maximum atomic E-state index is 12.3. The fourth-order valence-corrected chi connectivity index (χ4v) is 3.21. The van der Waals surface area contributed by atoms with Crippen LogP contribution >= 0.6 is 0 Å². The van der Waals surface area contributed by atoms with Crippen LogP contribution in [0.1, 0.15) is 32.1 Å². The number of nitrogens with one attached hydrogen (secondary N) is 2. The lowest BCUT2D eigenvalue weighted by molar-refractivity contribution is -0.132. The molecule has 1 aliphatic carbocycles. The van der Waals surface area contributed by atoms with E-state index in [2.05, 4.69) is 10.6 Å². The molecule has 3 rings (SSSR count). The third kappa shape index (κ3) is 5.52. The molecule has 2 aliphatic heterocycles. The zero-order valence-electron chi connectivity index (χ0n) is 14.5. The first kappa shape index (κ1) is 18.4. The van der Waals surface area contributed by atoms with Gasteiger partial charge in [0.05, 0.1) is 25.2 Å². The minimum absolute atomic E-state index is 0.0272. The number of aliphatic hydroxyl groups is 1. The van der Waals surface area contributed by atoms with Crippen LogP contribution in [-0.4, -0.2) is 61.5 Å². The molecule has 25 heavy (non-hydrogen) atoms. The summed E-state index contributed by atoms with van der Waals surface area (Å²) in [4.78, 5) is 24.3. The Balaban J connectivity index is 1.47. The molecule has 140 valence electrons. The van der Waals surface area contributed by atoms with Gasteiger partial charge in [-0.1, -0.05) is 12.2 Å². The third-order valence-corrected chi connectivity index (χ3v) is 5.04. The molecule has 0 aromatic carbocycles. The van der Waals surface area contributed by atoms with Gasteiger partial charge < -0.3 is 25.2 Å². The highest BCUT2D eigenvalue weighted by molar-refractivity contribution is 5.79. The number of rotatable bonds is 7. The topological polar surface area (TPSA) is 96.9 Å². The monoisotopic (exact) mass is 352 g/mol. The number of aliphatic hydroxyl groups excluding tert-OH is 1. The van der Waals surface area contributed by atoms with E-state index in [9.17, 15) is 14.7 Å². The van der Waals surface area contributed by atoms with E-state index in [0.29, 0.717) is 19.1 Å². The van der Waals surface area contributed by atoms with E-state index in [4.69, 9.17) is 9.47 Å². The van der Waals surface area contributed by atoms with Gasteiger partial charge in [0.15, 0.2) is 0 Å². The summed E-state index contributed by atoms with van der Waals surface area (Å²) >= 11 is 0. The normalized spacial score (nSPS) is 30.0. The largest absolute Gasteiger partial charge is 0.394 e. The molecule has 2 amide bonds. The zero-order chi connectivity index (χ0) is 17.6. The van der Waals surface area contributed by atoms with E-state index < -0.39 is 6.10 Å². The zero-order valence-corrected chi connectivity index (χ0v) is 14.5. The van der Waals surface area contributed by atoms with Gasteiger partial charge in [0.2, 0.25) is 11.8 Å². The molecule has 0 bridgehead atoms. The van der Waals surface area contributed by atoms with Crippen molar-refractivity contribution in [1.82, 2.24) is 10.6 Å². The van der Waals surface area contributed by atoms with Crippen LogP contribution < -0.4 is 10.6 Å². The minimum atomic E-state index is -0.532. The van der Waals surface area contributed by atoms with Crippen molar-refractivity contribution >= 4 is 11.8 Å². The summed E-state index contributed by atoms with van der Waals surface area (Å²) in [6, 6.07) is -0.369. The highest BCUT2D eigenvalue weighted by atomic mass is 16.5. The quantitative estimate of drug-likeness (QED) is 0.566. The molecule has 3 aliphatic rings. The van der Waals surface area contributed by atoms with Crippen LogP contribution in [0.25, 0.3) is 0 Å². The molecule has 7 heteroatoms. The minimum Gasteiger partial charge on any atom is -0.394 e. The van der Waals surface area contributed by atoms with Crippen molar-refractivity contribution in [2.24, 2.45) is 11.8 Å².